The van der Waals surface area contributed by atoms with Crippen LogP contribution in [0.2, 0.25) is 0 Å². The second-order valence-corrected chi connectivity index (χ2v) is 6.68. The van der Waals surface area contributed by atoms with Gasteiger partial charge < -0.3 is 14.8 Å². The van der Waals surface area contributed by atoms with Crippen LogP contribution in [-0.4, -0.2) is 29.9 Å². The van der Waals surface area contributed by atoms with Crippen LogP contribution in [0.1, 0.15) is 48.3 Å². The van der Waals surface area contributed by atoms with Crippen LogP contribution >= 0.6 is 0 Å². The van der Waals surface area contributed by atoms with E-state index in [1.807, 2.05) is 43.7 Å². The average molecular weight is 384 g/mol. The molecule has 1 heterocycles. The van der Waals surface area contributed by atoms with Crippen LogP contribution in [0.3, 0.4) is 0 Å². The third-order valence-electron chi connectivity index (χ3n) is 4.85. The van der Waals surface area contributed by atoms with Gasteiger partial charge in [0.1, 0.15) is 0 Å². The number of methoxy groups -OCH3 is 2. The summed E-state index contributed by atoms with van der Waals surface area (Å²) in [6, 6.07) is 7.61. The van der Waals surface area contributed by atoms with Crippen LogP contribution in [0.4, 0.5) is 0 Å². The van der Waals surface area contributed by atoms with Gasteiger partial charge in [0.25, 0.3) is 0 Å². The number of hydrogen-bond acceptors (Lipinski definition) is 5. The van der Waals surface area contributed by atoms with E-state index in [-0.39, 0.29) is 11.9 Å². The van der Waals surface area contributed by atoms with Crippen LogP contribution in [0.15, 0.2) is 18.2 Å². The average Bonchev–Trinajstić information content (AvgIpc) is 2.96. The molecule has 0 saturated heterocycles. The highest BCUT2D eigenvalue weighted by molar-refractivity contribution is 5.76. The number of carbonyl (C=O) groups is 1. The topological polar surface area (TPSA) is 89.2 Å². The Bertz CT molecular complexity index is 867. The van der Waals surface area contributed by atoms with Gasteiger partial charge >= 0.3 is 0 Å². The first kappa shape index (κ1) is 21.3. The predicted octanol–water partition coefficient (Wildman–Crippen LogP) is 3.24. The standard InChI is InChI=1S/C21H28N4O3/c1-14(17-7-9-19(27-4)20(13-17)28-5)23-21(26)10-8-18-15(2)24-25(16(18)3)12-6-11-22/h7,9,13-14H,6,8,10,12H2,1-5H3,(H,23,26). The summed E-state index contributed by atoms with van der Waals surface area (Å²) in [6.07, 6.45) is 1.42. The molecule has 7 heteroatoms. The second kappa shape index (κ2) is 9.79. The van der Waals surface area contributed by atoms with E-state index in [0.717, 1.165) is 22.5 Å². The van der Waals surface area contributed by atoms with Crippen LogP contribution in [0.25, 0.3) is 0 Å². The van der Waals surface area contributed by atoms with Crippen molar-refractivity contribution in [2.75, 3.05) is 14.2 Å². The Morgan fingerprint density at radius 2 is 2.00 bits per heavy atom. The monoisotopic (exact) mass is 384 g/mol. The van der Waals surface area contributed by atoms with Crippen molar-refractivity contribution in [3.05, 3.63) is 40.7 Å². The molecule has 1 aromatic heterocycles. The number of aryl methyl sites for hydroxylation is 2. The van der Waals surface area contributed by atoms with Crippen molar-refractivity contribution in [3.63, 3.8) is 0 Å². The summed E-state index contributed by atoms with van der Waals surface area (Å²) in [5.41, 5.74) is 3.96. The van der Waals surface area contributed by atoms with Crippen molar-refractivity contribution < 1.29 is 14.3 Å². The third kappa shape index (κ3) is 5.03. The number of hydrogen-bond donors (Lipinski definition) is 1. The maximum absolute atomic E-state index is 12.4. The molecule has 0 spiro atoms. The molecule has 7 nitrogen and oxygen atoms in total. The first-order chi connectivity index (χ1) is 13.4. The lowest BCUT2D eigenvalue weighted by Gasteiger charge is -2.16. The fourth-order valence-corrected chi connectivity index (χ4v) is 3.23. The van der Waals surface area contributed by atoms with E-state index in [0.29, 0.717) is 37.3 Å². The molecule has 0 aliphatic carbocycles. The Hall–Kier alpha value is -3.01. The zero-order valence-electron chi connectivity index (χ0n) is 17.2. The molecule has 1 aromatic carbocycles. The number of carbonyl (C=O) groups excluding carboxylic acids is 1. The van der Waals surface area contributed by atoms with Crippen molar-refractivity contribution in [3.8, 4) is 17.6 Å². The lowest BCUT2D eigenvalue weighted by atomic mass is 10.1. The molecule has 0 fully saturated rings. The summed E-state index contributed by atoms with van der Waals surface area (Å²) >= 11 is 0. The van der Waals surface area contributed by atoms with Gasteiger partial charge in [-0.2, -0.15) is 10.4 Å². The minimum Gasteiger partial charge on any atom is -0.493 e. The van der Waals surface area contributed by atoms with Crippen molar-refractivity contribution in [2.45, 2.75) is 52.6 Å². The third-order valence-corrected chi connectivity index (χ3v) is 4.85. The highest BCUT2D eigenvalue weighted by atomic mass is 16.5. The van der Waals surface area contributed by atoms with Gasteiger partial charge in [-0.15, -0.1) is 0 Å². The quantitative estimate of drug-likeness (QED) is 0.717. The molecule has 0 saturated carbocycles. The normalized spacial score (nSPS) is 11.6. The highest BCUT2D eigenvalue weighted by Gasteiger charge is 2.16. The summed E-state index contributed by atoms with van der Waals surface area (Å²) in [7, 11) is 3.18. The summed E-state index contributed by atoms with van der Waals surface area (Å²) < 4.78 is 12.4. The SMILES string of the molecule is COc1ccc(C(C)NC(=O)CCc2c(C)nn(CCC#N)c2C)cc1OC. The molecule has 150 valence electrons. The van der Waals surface area contributed by atoms with Crippen molar-refractivity contribution in [1.29, 1.82) is 5.26 Å². The van der Waals surface area contributed by atoms with Crippen LogP contribution in [-0.2, 0) is 17.8 Å². The van der Waals surface area contributed by atoms with E-state index in [4.69, 9.17) is 14.7 Å². The Morgan fingerprint density at radius 1 is 1.29 bits per heavy atom. The maximum atomic E-state index is 12.4. The lowest BCUT2D eigenvalue weighted by Crippen LogP contribution is -2.27. The minimum atomic E-state index is -0.146. The highest BCUT2D eigenvalue weighted by Crippen LogP contribution is 2.29. The molecular weight excluding hydrogens is 356 g/mol. The molecule has 1 atom stereocenters. The molecule has 2 rings (SSSR count). The summed E-state index contributed by atoms with van der Waals surface area (Å²) in [6.45, 7) is 6.44. The molecule has 1 unspecified atom stereocenters. The fraction of sp³-hybridized carbons (Fsp3) is 0.476. The Kier molecular flexibility index (Phi) is 7.44. The maximum Gasteiger partial charge on any atom is 0.220 e. The zero-order chi connectivity index (χ0) is 20.7. The van der Waals surface area contributed by atoms with Crippen molar-refractivity contribution in [1.82, 2.24) is 15.1 Å². The molecule has 1 amide bonds. The molecular formula is C21H28N4O3. The molecule has 0 bridgehead atoms. The van der Waals surface area contributed by atoms with Gasteiger partial charge in [-0.05, 0) is 50.5 Å². The number of aromatic nitrogens is 2. The Balaban J connectivity index is 1.97. The first-order valence-corrected chi connectivity index (χ1v) is 9.32. The smallest absolute Gasteiger partial charge is 0.220 e. The number of ether oxygens (including phenoxy) is 2. The molecule has 0 aliphatic rings. The second-order valence-electron chi connectivity index (χ2n) is 6.68. The van der Waals surface area contributed by atoms with Crippen LogP contribution in [0, 0.1) is 25.2 Å². The van der Waals surface area contributed by atoms with Gasteiger partial charge in [0.05, 0.1) is 45.0 Å². The van der Waals surface area contributed by atoms with Crippen molar-refractivity contribution >= 4 is 5.91 Å². The largest absolute Gasteiger partial charge is 0.493 e. The molecule has 2 aromatic rings. The van der Waals surface area contributed by atoms with E-state index >= 15 is 0 Å². The number of benzene rings is 1. The van der Waals surface area contributed by atoms with Crippen molar-refractivity contribution in [2.24, 2.45) is 0 Å². The number of nitrogens with zero attached hydrogens (tertiary/aromatic N) is 3. The molecule has 1 N–H and O–H groups in total. The van der Waals surface area contributed by atoms with Gasteiger partial charge in [-0.3, -0.25) is 9.48 Å². The number of nitriles is 1. The van der Waals surface area contributed by atoms with E-state index < -0.39 is 0 Å². The van der Waals surface area contributed by atoms with Gasteiger partial charge in [0.15, 0.2) is 11.5 Å². The van der Waals surface area contributed by atoms with Crippen LogP contribution in [0.5, 0.6) is 11.5 Å². The minimum absolute atomic E-state index is 0.0224. The van der Waals surface area contributed by atoms with Gasteiger partial charge in [-0.1, -0.05) is 6.07 Å². The Morgan fingerprint density at radius 3 is 2.64 bits per heavy atom. The number of rotatable bonds is 9. The number of nitrogens with one attached hydrogen (secondary N) is 1. The van der Waals surface area contributed by atoms with Gasteiger partial charge in [0, 0.05) is 12.1 Å². The van der Waals surface area contributed by atoms with Crippen LogP contribution < -0.4 is 14.8 Å². The molecule has 0 aliphatic heterocycles. The van der Waals surface area contributed by atoms with E-state index in [1.54, 1.807) is 14.2 Å². The van der Waals surface area contributed by atoms with E-state index in [9.17, 15) is 4.79 Å². The van der Waals surface area contributed by atoms with Gasteiger partial charge in [-0.25, -0.2) is 0 Å². The Labute approximate surface area is 166 Å². The fourth-order valence-electron chi connectivity index (χ4n) is 3.23. The van der Waals surface area contributed by atoms with E-state index in [2.05, 4.69) is 16.5 Å². The summed E-state index contributed by atoms with van der Waals surface area (Å²) in [4.78, 5) is 12.4. The zero-order valence-corrected chi connectivity index (χ0v) is 17.2. The first-order valence-electron chi connectivity index (χ1n) is 9.32. The summed E-state index contributed by atoms with van der Waals surface area (Å²) in [5, 5.41) is 16.3. The molecule has 28 heavy (non-hydrogen) atoms. The number of amides is 1. The lowest BCUT2D eigenvalue weighted by molar-refractivity contribution is -0.121. The van der Waals surface area contributed by atoms with Gasteiger partial charge in [0.2, 0.25) is 5.91 Å². The summed E-state index contributed by atoms with van der Waals surface area (Å²) in [5.74, 6) is 1.27. The van der Waals surface area contributed by atoms with E-state index in [1.165, 1.54) is 0 Å². The molecule has 0 radical (unpaired) electrons. The predicted molar refractivity (Wildman–Crippen MR) is 106 cm³/mol.